The molecule has 0 radical (unpaired) electrons. The first-order valence-corrected chi connectivity index (χ1v) is 7.29. The van der Waals surface area contributed by atoms with Crippen LogP contribution in [0.15, 0.2) is 34.7 Å². The largest absolute Gasteiger partial charge is 0.384 e. The zero-order chi connectivity index (χ0) is 12.1. The Labute approximate surface area is 113 Å². The zero-order valence-electron chi connectivity index (χ0n) is 9.33. The van der Waals surface area contributed by atoms with Crippen LogP contribution in [0.25, 0.3) is 5.69 Å². The van der Waals surface area contributed by atoms with E-state index in [4.69, 9.17) is 17.0 Å². The van der Waals surface area contributed by atoms with Crippen molar-refractivity contribution in [2.45, 2.75) is 4.34 Å². The molecule has 0 saturated carbocycles. The summed E-state index contributed by atoms with van der Waals surface area (Å²) in [6, 6.07) is 9.94. The average molecular weight is 284 g/mol. The number of methoxy groups -OCH3 is 1. The second-order valence-corrected chi connectivity index (χ2v) is 6.19. The van der Waals surface area contributed by atoms with Gasteiger partial charge in [0.2, 0.25) is 0 Å². The van der Waals surface area contributed by atoms with Gasteiger partial charge in [0.15, 0.2) is 8.29 Å². The van der Waals surface area contributed by atoms with E-state index in [9.17, 15) is 0 Å². The fourth-order valence-electron chi connectivity index (χ4n) is 1.26. The van der Waals surface area contributed by atoms with Crippen molar-refractivity contribution in [3.63, 3.8) is 0 Å². The van der Waals surface area contributed by atoms with Gasteiger partial charge in [-0.2, -0.15) is 0 Å². The summed E-state index contributed by atoms with van der Waals surface area (Å²) in [6.07, 6.45) is 0. The van der Waals surface area contributed by atoms with Gasteiger partial charge in [-0.3, -0.25) is 0 Å². The van der Waals surface area contributed by atoms with E-state index < -0.39 is 0 Å². The van der Waals surface area contributed by atoms with Crippen LogP contribution >= 0.6 is 35.3 Å². The molecule has 0 atom stereocenters. The van der Waals surface area contributed by atoms with E-state index in [1.807, 2.05) is 30.3 Å². The number of thioether (sulfide) groups is 1. The maximum absolute atomic E-state index is 5.31. The first-order chi connectivity index (χ1) is 8.31. The summed E-state index contributed by atoms with van der Waals surface area (Å²) in [5.41, 5.74) is 1.01. The summed E-state index contributed by atoms with van der Waals surface area (Å²) in [5, 5.41) is 4.49. The first kappa shape index (κ1) is 12.8. The minimum absolute atomic E-state index is 0.725. The van der Waals surface area contributed by atoms with Crippen LogP contribution in [0.2, 0.25) is 0 Å². The zero-order valence-corrected chi connectivity index (χ0v) is 11.8. The normalized spacial score (nSPS) is 10.6. The molecule has 1 heterocycles. The highest BCUT2D eigenvalue weighted by Gasteiger charge is 2.05. The molecule has 0 aliphatic rings. The Morgan fingerprint density at radius 1 is 1.41 bits per heavy atom. The third kappa shape index (κ3) is 3.38. The second-order valence-electron chi connectivity index (χ2n) is 3.22. The molecule has 0 amide bonds. The van der Waals surface area contributed by atoms with Crippen LogP contribution in [0.4, 0.5) is 0 Å². The molecular formula is C11H12N2OS3. The van der Waals surface area contributed by atoms with Crippen LogP contribution in [-0.4, -0.2) is 29.3 Å². The fraction of sp³-hybridized carbons (Fsp3) is 0.273. The van der Waals surface area contributed by atoms with Gasteiger partial charge in [-0.05, 0) is 24.4 Å². The number of ether oxygens (including phenoxy) is 1. The van der Waals surface area contributed by atoms with Crippen molar-refractivity contribution < 1.29 is 4.74 Å². The lowest BCUT2D eigenvalue weighted by molar-refractivity contribution is 0.218. The Balaban J connectivity index is 2.17. The fourth-order valence-corrected chi connectivity index (χ4v) is 3.60. The summed E-state index contributed by atoms with van der Waals surface area (Å²) in [4.78, 5) is 0. The predicted molar refractivity (Wildman–Crippen MR) is 74.9 cm³/mol. The molecule has 0 bridgehead atoms. The maximum Gasteiger partial charge on any atom is 0.184 e. The molecule has 2 rings (SSSR count). The van der Waals surface area contributed by atoms with Crippen molar-refractivity contribution in [1.82, 2.24) is 9.78 Å². The third-order valence-corrected chi connectivity index (χ3v) is 4.37. The molecule has 90 valence electrons. The monoisotopic (exact) mass is 284 g/mol. The van der Waals surface area contributed by atoms with Crippen molar-refractivity contribution in [3.8, 4) is 5.69 Å². The smallest absolute Gasteiger partial charge is 0.184 e. The predicted octanol–water partition coefficient (Wildman–Crippen LogP) is 3.40. The van der Waals surface area contributed by atoms with Crippen LogP contribution in [0.5, 0.6) is 0 Å². The number of aromatic nitrogens is 2. The van der Waals surface area contributed by atoms with Gasteiger partial charge >= 0.3 is 0 Å². The van der Waals surface area contributed by atoms with Crippen molar-refractivity contribution >= 4 is 35.3 Å². The number of nitrogens with zero attached hydrogens (tertiary/aromatic N) is 2. The topological polar surface area (TPSA) is 27.1 Å². The lowest BCUT2D eigenvalue weighted by atomic mass is 10.3. The Hall–Kier alpha value is -0.690. The summed E-state index contributed by atoms with van der Waals surface area (Å²) in [6.45, 7) is 0.725. The molecule has 1 aromatic heterocycles. The highest BCUT2D eigenvalue weighted by Crippen LogP contribution is 2.23. The van der Waals surface area contributed by atoms with Crippen LogP contribution in [0, 0.1) is 3.95 Å². The average Bonchev–Trinajstić information content (AvgIpc) is 2.72. The summed E-state index contributed by atoms with van der Waals surface area (Å²) in [5.74, 6) is 0.896. The van der Waals surface area contributed by atoms with Gasteiger partial charge in [0.25, 0.3) is 0 Å². The molecule has 1 aromatic carbocycles. The molecule has 0 aliphatic carbocycles. The third-order valence-electron chi connectivity index (χ3n) is 2.04. The summed E-state index contributed by atoms with van der Waals surface area (Å²) >= 11 is 8.51. The number of benzene rings is 1. The van der Waals surface area contributed by atoms with E-state index >= 15 is 0 Å². The molecule has 2 aromatic rings. The molecule has 0 saturated heterocycles. The lowest BCUT2D eigenvalue weighted by Gasteiger charge is -1.99. The SMILES string of the molecule is COCCSc1nn(-c2ccccc2)c(=S)s1. The van der Waals surface area contributed by atoms with Gasteiger partial charge in [-0.25, -0.2) is 4.68 Å². The van der Waals surface area contributed by atoms with Gasteiger partial charge in [0.1, 0.15) is 0 Å². The Kier molecular flexibility index (Phi) is 4.73. The van der Waals surface area contributed by atoms with E-state index in [2.05, 4.69) is 5.10 Å². The van der Waals surface area contributed by atoms with Crippen molar-refractivity contribution in [3.05, 3.63) is 34.3 Å². The number of rotatable bonds is 5. The van der Waals surface area contributed by atoms with Gasteiger partial charge in [0, 0.05) is 12.9 Å². The number of hydrogen-bond donors (Lipinski definition) is 0. The van der Waals surface area contributed by atoms with E-state index in [0.717, 1.165) is 26.3 Å². The minimum atomic E-state index is 0.725. The van der Waals surface area contributed by atoms with Crippen LogP contribution < -0.4 is 0 Å². The Bertz CT molecular complexity index is 521. The summed E-state index contributed by atoms with van der Waals surface area (Å²) in [7, 11) is 1.70. The molecule has 0 N–H and O–H groups in total. The molecule has 0 spiro atoms. The van der Waals surface area contributed by atoms with Gasteiger partial charge in [-0.1, -0.05) is 41.3 Å². The molecule has 17 heavy (non-hydrogen) atoms. The maximum atomic E-state index is 5.31. The molecule has 0 fully saturated rings. The Morgan fingerprint density at radius 2 is 2.18 bits per heavy atom. The lowest BCUT2D eigenvalue weighted by Crippen LogP contribution is -1.96. The van der Waals surface area contributed by atoms with Crippen LogP contribution in [-0.2, 0) is 4.74 Å². The molecule has 0 unspecified atom stereocenters. The quantitative estimate of drug-likeness (QED) is 0.478. The highest BCUT2D eigenvalue weighted by atomic mass is 32.2. The van der Waals surface area contributed by atoms with Crippen molar-refractivity contribution in [2.24, 2.45) is 0 Å². The molecule has 6 heteroatoms. The van der Waals surface area contributed by atoms with Gasteiger partial charge < -0.3 is 4.74 Å². The van der Waals surface area contributed by atoms with Gasteiger partial charge in [0.05, 0.1) is 12.3 Å². The number of para-hydroxylation sites is 1. The molecule has 3 nitrogen and oxygen atoms in total. The Morgan fingerprint density at radius 3 is 2.88 bits per heavy atom. The second kappa shape index (κ2) is 6.30. The highest BCUT2D eigenvalue weighted by molar-refractivity contribution is 8.01. The number of hydrogen-bond acceptors (Lipinski definition) is 5. The van der Waals surface area contributed by atoms with E-state index in [-0.39, 0.29) is 0 Å². The van der Waals surface area contributed by atoms with Gasteiger partial charge in [-0.15, -0.1) is 5.10 Å². The van der Waals surface area contributed by atoms with E-state index in [1.165, 1.54) is 11.3 Å². The molecule has 0 aliphatic heterocycles. The van der Waals surface area contributed by atoms with E-state index in [0.29, 0.717) is 0 Å². The minimum Gasteiger partial charge on any atom is -0.384 e. The van der Waals surface area contributed by atoms with E-state index in [1.54, 1.807) is 23.6 Å². The summed E-state index contributed by atoms with van der Waals surface area (Å²) < 4.78 is 8.57. The van der Waals surface area contributed by atoms with Crippen molar-refractivity contribution in [1.29, 1.82) is 0 Å². The molecular weight excluding hydrogens is 272 g/mol. The van der Waals surface area contributed by atoms with Crippen LogP contribution in [0.1, 0.15) is 0 Å². The first-order valence-electron chi connectivity index (χ1n) is 5.08. The van der Waals surface area contributed by atoms with Crippen LogP contribution in [0.3, 0.4) is 0 Å². The standard InChI is InChI=1S/C11H12N2OS3/c1-14-7-8-16-10-12-13(11(15)17-10)9-5-3-2-4-6-9/h2-6H,7-8H2,1H3. The van der Waals surface area contributed by atoms with Crippen molar-refractivity contribution in [2.75, 3.05) is 19.5 Å².